The van der Waals surface area contributed by atoms with Gasteiger partial charge >= 0.3 is 0 Å². The van der Waals surface area contributed by atoms with Crippen LogP contribution in [0.3, 0.4) is 0 Å². The standard InChI is InChI=1S/C15H20N2S/c1-11(2)13-7-4-12(5-8-13)6-9-14-10-17-15(16-3)18-14/h4-5,7-8,10-11H,6,9H2,1-3H3,(H,16,17). The van der Waals surface area contributed by atoms with Gasteiger partial charge in [-0.1, -0.05) is 38.1 Å². The van der Waals surface area contributed by atoms with Gasteiger partial charge in [-0.2, -0.15) is 0 Å². The van der Waals surface area contributed by atoms with Gasteiger partial charge in [0.25, 0.3) is 0 Å². The average Bonchev–Trinajstić information content (AvgIpc) is 2.85. The first-order valence-electron chi connectivity index (χ1n) is 6.40. The van der Waals surface area contributed by atoms with E-state index in [9.17, 15) is 0 Å². The molecule has 0 aliphatic carbocycles. The second-order valence-electron chi connectivity index (χ2n) is 4.78. The zero-order valence-electron chi connectivity index (χ0n) is 11.2. The molecule has 18 heavy (non-hydrogen) atoms. The Morgan fingerprint density at radius 2 is 1.89 bits per heavy atom. The molecule has 2 nitrogen and oxygen atoms in total. The Balaban J connectivity index is 1.93. The van der Waals surface area contributed by atoms with Crippen molar-refractivity contribution in [3.8, 4) is 0 Å². The average molecular weight is 260 g/mol. The molecule has 0 aliphatic rings. The van der Waals surface area contributed by atoms with Crippen molar-refractivity contribution in [3.05, 3.63) is 46.5 Å². The van der Waals surface area contributed by atoms with Gasteiger partial charge < -0.3 is 5.32 Å². The molecular weight excluding hydrogens is 240 g/mol. The molecule has 0 bridgehead atoms. The van der Waals surface area contributed by atoms with Gasteiger partial charge in [0.1, 0.15) is 0 Å². The third-order valence-electron chi connectivity index (χ3n) is 3.07. The Hall–Kier alpha value is -1.35. The summed E-state index contributed by atoms with van der Waals surface area (Å²) in [4.78, 5) is 5.63. The van der Waals surface area contributed by atoms with E-state index in [4.69, 9.17) is 0 Å². The summed E-state index contributed by atoms with van der Waals surface area (Å²) >= 11 is 1.74. The molecule has 0 spiro atoms. The molecule has 96 valence electrons. The van der Waals surface area contributed by atoms with Crippen molar-refractivity contribution < 1.29 is 0 Å². The number of nitrogens with zero attached hydrogens (tertiary/aromatic N) is 1. The number of thiazole rings is 1. The van der Waals surface area contributed by atoms with Crippen molar-refractivity contribution in [2.45, 2.75) is 32.6 Å². The normalized spacial score (nSPS) is 10.9. The number of aromatic nitrogens is 1. The van der Waals surface area contributed by atoms with E-state index >= 15 is 0 Å². The molecule has 0 aliphatic heterocycles. The number of hydrogen-bond donors (Lipinski definition) is 1. The summed E-state index contributed by atoms with van der Waals surface area (Å²) in [7, 11) is 1.91. The number of benzene rings is 1. The molecule has 0 amide bonds. The molecule has 1 N–H and O–H groups in total. The van der Waals surface area contributed by atoms with Crippen LogP contribution in [0, 0.1) is 0 Å². The smallest absolute Gasteiger partial charge is 0.182 e. The molecule has 0 saturated heterocycles. The van der Waals surface area contributed by atoms with Crippen LogP contribution >= 0.6 is 11.3 Å². The number of rotatable bonds is 5. The van der Waals surface area contributed by atoms with E-state index in [1.54, 1.807) is 11.3 Å². The van der Waals surface area contributed by atoms with Gasteiger partial charge in [0.15, 0.2) is 5.13 Å². The molecule has 1 heterocycles. The lowest BCUT2D eigenvalue weighted by Crippen LogP contribution is -1.91. The molecule has 2 aromatic rings. The van der Waals surface area contributed by atoms with E-state index < -0.39 is 0 Å². The van der Waals surface area contributed by atoms with Crippen molar-refractivity contribution in [2.24, 2.45) is 0 Å². The van der Waals surface area contributed by atoms with E-state index in [0.29, 0.717) is 5.92 Å². The highest BCUT2D eigenvalue weighted by Crippen LogP contribution is 2.20. The fourth-order valence-electron chi connectivity index (χ4n) is 1.88. The van der Waals surface area contributed by atoms with Gasteiger partial charge in [-0.3, -0.25) is 0 Å². The van der Waals surface area contributed by atoms with Gasteiger partial charge in [-0.25, -0.2) is 4.98 Å². The lowest BCUT2D eigenvalue weighted by atomic mass is 10.0. The summed E-state index contributed by atoms with van der Waals surface area (Å²) in [6, 6.07) is 8.97. The van der Waals surface area contributed by atoms with Crippen LogP contribution in [-0.4, -0.2) is 12.0 Å². The highest BCUT2D eigenvalue weighted by atomic mass is 32.1. The molecule has 0 saturated carbocycles. The Labute approximate surface area is 113 Å². The summed E-state index contributed by atoms with van der Waals surface area (Å²) < 4.78 is 0. The minimum Gasteiger partial charge on any atom is -0.365 e. The van der Waals surface area contributed by atoms with Crippen LogP contribution in [-0.2, 0) is 12.8 Å². The van der Waals surface area contributed by atoms with E-state index in [1.807, 2.05) is 13.2 Å². The van der Waals surface area contributed by atoms with Gasteiger partial charge in [0, 0.05) is 18.1 Å². The number of hydrogen-bond acceptors (Lipinski definition) is 3. The van der Waals surface area contributed by atoms with Crippen molar-refractivity contribution in [3.63, 3.8) is 0 Å². The van der Waals surface area contributed by atoms with E-state index in [0.717, 1.165) is 18.0 Å². The highest BCUT2D eigenvalue weighted by Gasteiger charge is 2.02. The van der Waals surface area contributed by atoms with E-state index in [1.165, 1.54) is 16.0 Å². The third-order valence-corrected chi connectivity index (χ3v) is 4.15. The summed E-state index contributed by atoms with van der Waals surface area (Å²) in [5, 5.41) is 4.07. The van der Waals surface area contributed by atoms with E-state index in [-0.39, 0.29) is 0 Å². The first kappa shape index (κ1) is 13.1. The maximum Gasteiger partial charge on any atom is 0.182 e. The minimum absolute atomic E-state index is 0.610. The molecule has 3 heteroatoms. The van der Waals surface area contributed by atoms with Gasteiger partial charge in [-0.15, -0.1) is 11.3 Å². The van der Waals surface area contributed by atoms with Crippen molar-refractivity contribution in [1.82, 2.24) is 4.98 Å². The zero-order chi connectivity index (χ0) is 13.0. The Bertz CT molecular complexity index is 485. The van der Waals surface area contributed by atoms with Crippen LogP contribution in [0.1, 0.15) is 35.8 Å². The van der Waals surface area contributed by atoms with Gasteiger partial charge in [0.2, 0.25) is 0 Å². The molecule has 2 rings (SSSR count). The van der Waals surface area contributed by atoms with Crippen LogP contribution in [0.5, 0.6) is 0 Å². The monoisotopic (exact) mass is 260 g/mol. The van der Waals surface area contributed by atoms with Crippen molar-refractivity contribution >= 4 is 16.5 Å². The number of aryl methyl sites for hydroxylation is 2. The Morgan fingerprint density at radius 3 is 2.44 bits per heavy atom. The second kappa shape index (κ2) is 6.01. The first-order chi connectivity index (χ1) is 8.69. The van der Waals surface area contributed by atoms with Crippen LogP contribution in [0.15, 0.2) is 30.5 Å². The fourth-order valence-corrected chi connectivity index (χ4v) is 2.64. The van der Waals surface area contributed by atoms with Crippen LogP contribution in [0.25, 0.3) is 0 Å². The molecule has 1 aromatic heterocycles. The van der Waals surface area contributed by atoms with Crippen LogP contribution in [0.4, 0.5) is 5.13 Å². The minimum atomic E-state index is 0.610. The molecule has 0 unspecified atom stereocenters. The first-order valence-corrected chi connectivity index (χ1v) is 7.22. The lowest BCUT2D eigenvalue weighted by molar-refractivity contribution is 0.863. The second-order valence-corrected chi connectivity index (χ2v) is 5.89. The molecular formula is C15H20N2S. The molecule has 0 fully saturated rings. The SMILES string of the molecule is CNc1ncc(CCc2ccc(C(C)C)cc2)s1. The van der Waals surface area contributed by atoms with Crippen molar-refractivity contribution in [2.75, 3.05) is 12.4 Å². The third kappa shape index (κ3) is 3.33. The summed E-state index contributed by atoms with van der Waals surface area (Å²) in [6.07, 6.45) is 4.13. The topological polar surface area (TPSA) is 24.9 Å². The lowest BCUT2D eigenvalue weighted by Gasteiger charge is -2.06. The largest absolute Gasteiger partial charge is 0.365 e. The predicted molar refractivity (Wildman–Crippen MR) is 79.6 cm³/mol. The fraction of sp³-hybridized carbons (Fsp3) is 0.400. The molecule has 0 atom stereocenters. The van der Waals surface area contributed by atoms with Crippen LogP contribution < -0.4 is 5.32 Å². The van der Waals surface area contributed by atoms with Gasteiger partial charge in [0.05, 0.1) is 0 Å². The number of anilines is 1. The Morgan fingerprint density at radius 1 is 1.17 bits per heavy atom. The Kier molecular flexibility index (Phi) is 4.37. The predicted octanol–water partition coefficient (Wildman–Crippen LogP) is 4.09. The van der Waals surface area contributed by atoms with E-state index in [2.05, 4.69) is 48.4 Å². The zero-order valence-corrected chi connectivity index (χ0v) is 12.1. The maximum absolute atomic E-state index is 4.29. The quantitative estimate of drug-likeness (QED) is 0.875. The molecule has 0 radical (unpaired) electrons. The van der Waals surface area contributed by atoms with Crippen molar-refractivity contribution in [1.29, 1.82) is 0 Å². The van der Waals surface area contributed by atoms with Gasteiger partial charge in [-0.05, 0) is 29.9 Å². The van der Waals surface area contributed by atoms with Crippen LogP contribution in [0.2, 0.25) is 0 Å². The molecule has 1 aromatic carbocycles. The highest BCUT2D eigenvalue weighted by molar-refractivity contribution is 7.15. The number of nitrogens with one attached hydrogen (secondary N) is 1. The summed E-state index contributed by atoms with van der Waals surface area (Å²) in [6.45, 7) is 4.46. The summed E-state index contributed by atoms with van der Waals surface area (Å²) in [5.41, 5.74) is 2.81. The summed E-state index contributed by atoms with van der Waals surface area (Å²) in [5.74, 6) is 0.610. The maximum atomic E-state index is 4.29.